The van der Waals surface area contributed by atoms with E-state index >= 15 is 0 Å². The predicted molar refractivity (Wildman–Crippen MR) is 98.6 cm³/mol. The molecule has 0 unspecified atom stereocenters. The maximum absolute atomic E-state index is 12.7. The zero-order valence-electron chi connectivity index (χ0n) is 14.5. The molecule has 3 rings (SSSR count). The van der Waals surface area contributed by atoms with Crippen molar-refractivity contribution in [1.82, 2.24) is 10.2 Å². The molecule has 2 aromatic rings. The van der Waals surface area contributed by atoms with Crippen LogP contribution in [0.5, 0.6) is 0 Å². The van der Waals surface area contributed by atoms with E-state index in [1.807, 2.05) is 36.9 Å². The molecule has 1 aliphatic heterocycles. The van der Waals surface area contributed by atoms with E-state index in [4.69, 9.17) is 0 Å². The zero-order chi connectivity index (χ0) is 17.8. The van der Waals surface area contributed by atoms with E-state index in [9.17, 15) is 9.59 Å². The lowest BCUT2D eigenvalue weighted by Gasteiger charge is -2.41. The fraction of sp³-hybridized carbons (Fsp3) is 0.300. The Morgan fingerprint density at radius 2 is 1.72 bits per heavy atom. The molecular weight excluding hydrogens is 314 g/mol. The van der Waals surface area contributed by atoms with Crippen molar-refractivity contribution in [2.45, 2.75) is 32.4 Å². The Morgan fingerprint density at radius 3 is 2.28 bits per heavy atom. The molecule has 0 aromatic heterocycles. The van der Waals surface area contributed by atoms with Gasteiger partial charge in [0.2, 0.25) is 0 Å². The molecule has 3 amide bonds. The Kier molecular flexibility index (Phi) is 5.03. The number of anilines is 1. The maximum atomic E-state index is 12.7. The molecule has 0 spiro atoms. The molecule has 0 aliphatic carbocycles. The van der Waals surface area contributed by atoms with Crippen LogP contribution in [0, 0.1) is 0 Å². The van der Waals surface area contributed by atoms with Gasteiger partial charge in [-0.25, -0.2) is 4.79 Å². The van der Waals surface area contributed by atoms with Crippen LogP contribution in [0.15, 0.2) is 54.6 Å². The Labute approximate surface area is 148 Å². The number of rotatable bonds is 4. The van der Waals surface area contributed by atoms with Crippen LogP contribution in [0.4, 0.5) is 10.5 Å². The minimum Gasteiger partial charge on any atom is -0.336 e. The van der Waals surface area contributed by atoms with Gasteiger partial charge < -0.3 is 15.5 Å². The standard InChI is InChI=1S/C20H23N3O2/c1-14(2)21-20(25)22-17-10-8-16(9-11-17)19(24)23-13-12-18(23)15-6-4-3-5-7-15/h3-11,14,18H,12-13H2,1-2H3,(H2,21,22,25)/t18-/m0/s1. The first-order chi connectivity index (χ1) is 12.0. The summed E-state index contributed by atoms with van der Waals surface area (Å²) in [7, 11) is 0. The van der Waals surface area contributed by atoms with Crippen LogP contribution in [0.2, 0.25) is 0 Å². The molecule has 5 nitrogen and oxygen atoms in total. The Balaban J connectivity index is 1.64. The van der Waals surface area contributed by atoms with Crippen LogP contribution < -0.4 is 10.6 Å². The highest BCUT2D eigenvalue weighted by molar-refractivity contribution is 5.96. The van der Waals surface area contributed by atoms with Crippen LogP contribution in [-0.4, -0.2) is 29.4 Å². The van der Waals surface area contributed by atoms with E-state index in [2.05, 4.69) is 22.8 Å². The lowest BCUT2D eigenvalue weighted by atomic mass is 9.93. The fourth-order valence-electron chi connectivity index (χ4n) is 2.94. The summed E-state index contributed by atoms with van der Waals surface area (Å²) < 4.78 is 0. The second kappa shape index (κ2) is 7.38. The smallest absolute Gasteiger partial charge is 0.319 e. The quantitative estimate of drug-likeness (QED) is 0.891. The van der Waals surface area contributed by atoms with Gasteiger partial charge in [0.1, 0.15) is 0 Å². The van der Waals surface area contributed by atoms with Crippen LogP contribution in [-0.2, 0) is 0 Å². The first-order valence-corrected chi connectivity index (χ1v) is 8.58. The predicted octanol–water partition coefficient (Wildman–Crippen LogP) is 3.80. The first-order valence-electron chi connectivity index (χ1n) is 8.58. The highest BCUT2D eigenvalue weighted by Gasteiger charge is 2.33. The van der Waals surface area contributed by atoms with Gasteiger partial charge in [-0.1, -0.05) is 30.3 Å². The van der Waals surface area contributed by atoms with Gasteiger partial charge in [0.25, 0.3) is 5.91 Å². The van der Waals surface area contributed by atoms with Gasteiger partial charge in [-0.3, -0.25) is 4.79 Å². The van der Waals surface area contributed by atoms with Gasteiger partial charge in [-0.05, 0) is 50.1 Å². The van der Waals surface area contributed by atoms with Crippen LogP contribution >= 0.6 is 0 Å². The molecule has 0 bridgehead atoms. The number of nitrogens with one attached hydrogen (secondary N) is 2. The molecule has 0 saturated carbocycles. The van der Waals surface area contributed by atoms with E-state index in [1.54, 1.807) is 24.3 Å². The Hall–Kier alpha value is -2.82. The summed E-state index contributed by atoms with van der Waals surface area (Å²) in [4.78, 5) is 26.3. The molecule has 25 heavy (non-hydrogen) atoms. The molecular formula is C20H23N3O2. The van der Waals surface area contributed by atoms with Crippen molar-refractivity contribution in [1.29, 1.82) is 0 Å². The third-order valence-electron chi connectivity index (χ3n) is 4.27. The topological polar surface area (TPSA) is 61.4 Å². The largest absolute Gasteiger partial charge is 0.336 e. The highest BCUT2D eigenvalue weighted by atomic mass is 16.2. The summed E-state index contributed by atoms with van der Waals surface area (Å²) in [6.45, 7) is 4.57. The van der Waals surface area contributed by atoms with E-state index in [1.165, 1.54) is 5.56 Å². The summed E-state index contributed by atoms with van der Waals surface area (Å²) in [6, 6.07) is 17.1. The maximum Gasteiger partial charge on any atom is 0.319 e. The number of amides is 3. The van der Waals surface area contributed by atoms with Crippen molar-refractivity contribution in [2.75, 3.05) is 11.9 Å². The summed E-state index contributed by atoms with van der Waals surface area (Å²) in [5.41, 5.74) is 2.47. The van der Waals surface area contributed by atoms with Gasteiger partial charge in [0.15, 0.2) is 0 Å². The SMILES string of the molecule is CC(C)NC(=O)Nc1ccc(C(=O)N2CC[C@H]2c2ccccc2)cc1. The molecule has 1 heterocycles. The average molecular weight is 337 g/mol. The van der Waals surface area contributed by atoms with E-state index in [-0.39, 0.29) is 24.0 Å². The van der Waals surface area contributed by atoms with Gasteiger partial charge >= 0.3 is 6.03 Å². The van der Waals surface area contributed by atoms with Gasteiger partial charge in [0, 0.05) is 23.8 Å². The molecule has 2 aromatic carbocycles. The van der Waals surface area contributed by atoms with Gasteiger partial charge in [-0.15, -0.1) is 0 Å². The van der Waals surface area contributed by atoms with Crippen LogP contribution in [0.25, 0.3) is 0 Å². The normalized spacial score (nSPS) is 16.3. The molecule has 1 aliphatic rings. The number of carbonyl (C=O) groups excluding carboxylic acids is 2. The van der Waals surface area contributed by atoms with E-state index in [0.717, 1.165) is 13.0 Å². The third-order valence-corrected chi connectivity index (χ3v) is 4.27. The monoisotopic (exact) mass is 337 g/mol. The van der Waals surface area contributed by atoms with E-state index < -0.39 is 0 Å². The zero-order valence-corrected chi connectivity index (χ0v) is 14.5. The lowest BCUT2D eigenvalue weighted by Crippen LogP contribution is -2.45. The van der Waals surface area contributed by atoms with Crippen LogP contribution in [0.3, 0.4) is 0 Å². The summed E-state index contributed by atoms with van der Waals surface area (Å²) in [5, 5.41) is 5.52. The lowest BCUT2D eigenvalue weighted by molar-refractivity contribution is 0.0460. The van der Waals surface area contributed by atoms with Gasteiger partial charge in [0.05, 0.1) is 6.04 Å². The fourth-order valence-corrected chi connectivity index (χ4v) is 2.94. The number of nitrogens with zero attached hydrogens (tertiary/aromatic N) is 1. The Morgan fingerprint density at radius 1 is 1.04 bits per heavy atom. The number of carbonyl (C=O) groups is 2. The summed E-state index contributed by atoms with van der Waals surface area (Å²) in [6.07, 6.45) is 0.991. The second-order valence-corrected chi connectivity index (χ2v) is 6.54. The number of hydrogen-bond donors (Lipinski definition) is 2. The van der Waals surface area contributed by atoms with Crippen molar-refractivity contribution >= 4 is 17.6 Å². The summed E-state index contributed by atoms with van der Waals surface area (Å²) >= 11 is 0. The minimum absolute atomic E-state index is 0.0262. The number of hydrogen-bond acceptors (Lipinski definition) is 2. The van der Waals surface area contributed by atoms with Gasteiger partial charge in [-0.2, -0.15) is 0 Å². The summed E-state index contributed by atoms with van der Waals surface area (Å²) in [5.74, 6) is 0.0262. The van der Waals surface area contributed by atoms with Crippen molar-refractivity contribution in [3.8, 4) is 0 Å². The minimum atomic E-state index is -0.249. The highest BCUT2D eigenvalue weighted by Crippen LogP contribution is 2.34. The average Bonchev–Trinajstić information content (AvgIpc) is 2.54. The number of benzene rings is 2. The molecule has 5 heteroatoms. The molecule has 130 valence electrons. The first kappa shape index (κ1) is 17.0. The third kappa shape index (κ3) is 3.99. The molecule has 0 radical (unpaired) electrons. The Bertz CT molecular complexity index is 741. The molecule has 2 N–H and O–H groups in total. The number of urea groups is 1. The van der Waals surface area contributed by atoms with Crippen molar-refractivity contribution in [3.05, 3.63) is 65.7 Å². The van der Waals surface area contributed by atoms with Crippen molar-refractivity contribution in [2.24, 2.45) is 0 Å². The second-order valence-electron chi connectivity index (χ2n) is 6.54. The number of likely N-dealkylation sites (tertiary alicyclic amines) is 1. The molecule has 1 saturated heterocycles. The van der Waals surface area contributed by atoms with Crippen molar-refractivity contribution < 1.29 is 9.59 Å². The van der Waals surface area contributed by atoms with Crippen LogP contribution in [0.1, 0.15) is 42.2 Å². The van der Waals surface area contributed by atoms with E-state index in [0.29, 0.717) is 11.3 Å². The molecule has 1 atom stereocenters. The van der Waals surface area contributed by atoms with Crippen molar-refractivity contribution in [3.63, 3.8) is 0 Å². The molecule has 1 fully saturated rings.